The van der Waals surface area contributed by atoms with Crippen molar-refractivity contribution in [2.45, 2.75) is 70.3 Å². The van der Waals surface area contributed by atoms with Crippen LogP contribution in [-0.2, 0) is 16.0 Å². The number of hydrogen-bond donors (Lipinski definition) is 0. The number of imide groups is 1. The van der Waals surface area contributed by atoms with E-state index >= 15 is 0 Å². The lowest BCUT2D eigenvalue weighted by molar-refractivity contribution is -0.141. The van der Waals surface area contributed by atoms with Crippen molar-refractivity contribution in [3.05, 3.63) is 29.8 Å². The van der Waals surface area contributed by atoms with Gasteiger partial charge in [0.1, 0.15) is 17.8 Å². The van der Waals surface area contributed by atoms with Crippen LogP contribution in [0.15, 0.2) is 24.3 Å². The average Bonchev–Trinajstić information content (AvgIpc) is 3.01. The molecule has 4 amide bonds. The van der Waals surface area contributed by atoms with Crippen molar-refractivity contribution < 1.29 is 19.1 Å². The maximum Gasteiger partial charge on any atom is 0.327 e. The summed E-state index contributed by atoms with van der Waals surface area (Å²) < 4.78 is 5.50. The summed E-state index contributed by atoms with van der Waals surface area (Å²) in [6, 6.07) is 7.99. The van der Waals surface area contributed by atoms with Gasteiger partial charge in [-0.3, -0.25) is 14.5 Å². The predicted molar refractivity (Wildman–Crippen MR) is 126 cm³/mol. The summed E-state index contributed by atoms with van der Waals surface area (Å²) >= 11 is 0. The van der Waals surface area contributed by atoms with Crippen molar-refractivity contribution in [3.63, 3.8) is 0 Å². The quantitative estimate of drug-likeness (QED) is 0.586. The molecule has 0 aromatic heterocycles. The van der Waals surface area contributed by atoms with Crippen LogP contribution in [0.4, 0.5) is 4.79 Å². The van der Waals surface area contributed by atoms with E-state index < -0.39 is 5.54 Å². The molecule has 180 valence electrons. The lowest BCUT2D eigenvalue weighted by Gasteiger charge is -2.36. The Bertz CT molecular complexity index is 855. The number of benzene rings is 1. The number of urea groups is 1. The molecule has 4 rings (SSSR count). The van der Waals surface area contributed by atoms with E-state index in [0.717, 1.165) is 50.7 Å². The molecule has 1 saturated carbocycles. The first-order valence-corrected chi connectivity index (χ1v) is 12.5. The van der Waals surface area contributed by atoms with Gasteiger partial charge in [-0.15, -0.1) is 0 Å². The van der Waals surface area contributed by atoms with Gasteiger partial charge in [-0.1, -0.05) is 31.4 Å². The van der Waals surface area contributed by atoms with Crippen LogP contribution in [0.2, 0.25) is 0 Å². The number of nitrogens with zero attached hydrogens (tertiary/aromatic N) is 3. The molecule has 33 heavy (non-hydrogen) atoms. The smallest absolute Gasteiger partial charge is 0.327 e. The standard InChI is InChI=1S/C26H37N3O4/c1-3-33-22-11-9-20(10-12-22)7-8-21-13-17-28(18-14-21)23(30)19-29-24(31)26(27(2)25(29)32)15-5-4-6-16-26/h9-12,21H,3-8,13-19H2,1-2H3. The largest absolute Gasteiger partial charge is 0.494 e. The molecule has 0 unspecified atom stereocenters. The maximum atomic E-state index is 13.1. The van der Waals surface area contributed by atoms with Gasteiger partial charge in [0.05, 0.1) is 6.61 Å². The summed E-state index contributed by atoms with van der Waals surface area (Å²) in [5.74, 6) is 1.21. The molecular formula is C26H37N3O4. The number of carbonyl (C=O) groups is 3. The van der Waals surface area contributed by atoms with E-state index in [1.807, 2.05) is 24.0 Å². The molecule has 3 fully saturated rings. The van der Waals surface area contributed by atoms with Gasteiger partial charge in [-0.2, -0.15) is 0 Å². The van der Waals surface area contributed by atoms with Crippen LogP contribution >= 0.6 is 0 Å². The highest BCUT2D eigenvalue weighted by Gasteiger charge is 2.56. The molecule has 7 nitrogen and oxygen atoms in total. The maximum absolute atomic E-state index is 13.1. The zero-order valence-electron chi connectivity index (χ0n) is 20.1. The van der Waals surface area contributed by atoms with Crippen LogP contribution in [-0.4, -0.2) is 71.4 Å². The fourth-order valence-corrected chi connectivity index (χ4v) is 5.67. The molecule has 2 aliphatic heterocycles. The Morgan fingerprint density at radius 3 is 2.36 bits per heavy atom. The zero-order chi connectivity index (χ0) is 23.4. The van der Waals surface area contributed by atoms with E-state index in [4.69, 9.17) is 4.74 Å². The monoisotopic (exact) mass is 455 g/mol. The van der Waals surface area contributed by atoms with Crippen LogP contribution in [0.25, 0.3) is 0 Å². The van der Waals surface area contributed by atoms with Crippen LogP contribution < -0.4 is 4.74 Å². The van der Waals surface area contributed by atoms with Crippen molar-refractivity contribution >= 4 is 17.8 Å². The van der Waals surface area contributed by atoms with Crippen molar-refractivity contribution in [2.75, 3.05) is 33.3 Å². The number of likely N-dealkylation sites (N-methyl/N-ethyl adjacent to an activating group) is 1. The third kappa shape index (κ3) is 4.87. The Kier molecular flexibility index (Phi) is 7.25. The van der Waals surface area contributed by atoms with Crippen molar-refractivity contribution in [3.8, 4) is 5.75 Å². The van der Waals surface area contributed by atoms with Crippen molar-refractivity contribution in [1.29, 1.82) is 0 Å². The van der Waals surface area contributed by atoms with Crippen molar-refractivity contribution in [1.82, 2.24) is 14.7 Å². The normalized spacial score (nSPS) is 21.2. The predicted octanol–water partition coefficient (Wildman–Crippen LogP) is 3.85. The number of ether oxygens (including phenoxy) is 1. The van der Waals surface area contributed by atoms with E-state index in [0.29, 0.717) is 38.5 Å². The number of rotatable bonds is 7. The number of carbonyl (C=O) groups excluding carboxylic acids is 3. The lowest BCUT2D eigenvalue weighted by Crippen LogP contribution is -2.50. The Labute approximate surface area is 197 Å². The first kappa shape index (κ1) is 23.6. The lowest BCUT2D eigenvalue weighted by atomic mass is 9.81. The minimum absolute atomic E-state index is 0.108. The van der Waals surface area contributed by atoms with Gasteiger partial charge >= 0.3 is 6.03 Å². The molecule has 0 bridgehead atoms. The number of piperidine rings is 1. The Morgan fingerprint density at radius 1 is 1.06 bits per heavy atom. The molecule has 7 heteroatoms. The SMILES string of the molecule is CCOc1ccc(CCC2CCN(C(=O)CN3C(=O)N(C)C4(CCCCC4)C3=O)CC2)cc1. The minimum Gasteiger partial charge on any atom is -0.494 e. The summed E-state index contributed by atoms with van der Waals surface area (Å²) in [5, 5.41) is 0. The second kappa shape index (κ2) is 10.1. The van der Waals surface area contributed by atoms with Gasteiger partial charge in [0.25, 0.3) is 5.91 Å². The molecule has 1 aliphatic carbocycles. The first-order valence-electron chi connectivity index (χ1n) is 12.5. The van der Waals surface area contributed by atoms with Gasteiger partial charge in [-0.05, 0) is 69.1 Å². The van der Waals surface area contributed by atoms with E-state index in [1.54, 1.807) is 11.9 Å². The van der Waals surface area contributed by atoms with Crippen LogP contribution in [0.5, 0.6) is 5.75 Å². The van der Waals surface area contributed by atoms with Gasteiger partial charge in [0.15, 0.2) is 0 Å². The highest BCUT2D eigenvalue weighted by atomic mass is 16.5. The summed E-state index contributed by atoms with van der Waals surface area (Å²) in [6.45, 7) is 3.93. The van der Waals surface area contributed by atoms with Gasteiger partial charge in [0.2, 0.25) is 5.91 Å². The summed E-state index contributed by atoms with van der Waals surface area (Å²) in [4.78, 5) is 43.5. The topological polar surface area (TPSA) is 70.2 Å². The van der Waals surface area contributed by atoms with E-state index in [2.05, 4.69) is 12.1 Å². The molecule has 1 aromatic rings. The summed E-state index contributed by atoms with van der Waals surface area (Å²) in [5.41, 5.74) is 0.590. The number of aryl methyl sites for hydroxylation is 1. The molecule has 1 spiro atoms. The molecule has 2 saturated heterocycles. The third-order valence-corrected chi connectivity index (χ3v) is 7.82. The van der Waals surface area contributed by atoms with E-state index in [-0.39, 0.29) is 24.4 Å². The minimum atomic E-state index is -0.719. The Hall–Kier alpha value is -2.57. The van der Waals surface area contributed by atoms with E-state index in [1.165, 1.54) is 10.5 Å². The Balaban J connectivity index is 1.25. The summed E-state index contributed by atoms with van der Waals surface area (Å²) in [7, 11) is 1.71. The zero-order valence-corrected chi connectivity index (χ0v) is 20.1. The Morgan fingerprint density at radius 2 is 1.73 bits per heavy atom. The molecule has 0 atom stereocenters. The third-order valence-electron chi connectivity index (χ3n) is 7.82. The molecule has 1 aromatic carbocycles. The van der Waals surface area contributed by atoms with E-state index in [9.17, 15) is 14.4 Å². The number of hydrogen-bond acceptors (Lipinski definition) is 4. The van der Waals surface area contributed by atoms with Crippen LogP contribution in [0.3, 0.4) is 0 Å². The number of likely N-dealkylation sites (tertiary alicyclic amines) is 1. The fraction of sp³-hybridized carbons (Fsp3) is 0.654. The van der Waals surface area contributed by atoms with Gasteiger partial charge < -0.3 is 14.5 Å². The molecule has 2 heterocycles. The molecule has 0 radical (unpaired) electrons. The molecule has 3 aliphatic rings. The second-order valence-electron chi connectivity index (χ2n) is 9.76. The highest BCUT2D eigenvalue weighted by molar-refractivity contribution is 6.08. The van der Waals surface area contributed by atoms with Gasteiger partial charge in [-0.25, -0.2) is 4.79 Å². The molecular weight excluding hydrogens is 418 g/mol. The van der Waals surface area contributed by atoms with Crippen molar-refractivity contribution in [2.24, 2.45) is 5.92 Å². The summed E-state index contributed by atoms with van der Waals surface area (Å²) in [6.07, 6.45) is 8.48. The molecule has 0 N–H and O–H groups in total. The second-order valence-corrected chi connectivity index (χ2v) is 9.76. The highest BCUT2D eigenvalue weighted by Crippen LogP contribution is 2.39. The van der Waals surface area contributed by atoms with Gasteiger partial charge in [0, 0.05) is 20.1 Å². The number of amides is 4. The fourth-order valence-electron chi connectivity index (χ4n) is 5.67. The van der Waals surface area contributed by atoms with Crippen LogP contribution in [0.1, 0.15) is 63.9 Å². The van der Waals surface area contributed by atoms with Crippen LogP contribution in [0, 0.1) is 5.92 Å². The first-order chi connectivity index (χ1) is 15.9. The average molecular weight is 456 g/mol.